The predicted octanol–water partition coefficient (Wildman–Crippen LogP) is 3.72. The molecule has 0 bridgehead atoms. The number of anilines is 1. The van der Waals surface area contributed by atoms with Gasteiger partial charge in [-0.3, -0.25) is 4.79 Å². The molecule has 1 amide bonds. The minimum absolute atomic E-state index is 0.184. The second-order valence-corrected chi connectivity index (χ2v) is 5.21. The summed E-state index contributed by atoms with van der Waals surface area (Å²) >= 11 is 6.13. The van der Waals surface area contributed by atoms with E-state index < -0.39 is 0 Å². The summed E-state index contributed by atoms with van der Waals surface area (Å²) in [6.45, 7) is 3.82. The number of hydrogen-bond donors (Lipinski definition) is 2. The molecule has 1 atom stereocenters. The minimum atomic E-state index is -0.196. The van der Waals surface area contributed by atoms with Gasteiger partial charge in [0.15, 0.2) is 0 Å². The van der Waals surface area contributed by atoms with Gasteiger partial charge in [0, 0.05) is 10.7 Å². The lowest BCUT2D eigenvalue weighted by atomic mass is 10.1. The van der Waals surface area contributed by atoms with Crippen molar-refractivity contribution in [2.45, 2.75) is 19.9 Å². The molecule has 3 N–H and O–H groups in total. The number of carbonyl (C=O) groups is 1. The Morgan fingerprint density at radius 1 is 1.25 bits per heavy atom. The van der Waals surface area contributed by atoms with E-state index in [0.29, 0.717) is 16.3 Å². The van der Waals surface area contributed by atoms with E-state index in [-0.39, 0.29) is 11.9 Å². The quantitative estimate of drug-likeness (QED) is 0.846. The molecule has 0 unspecified atom stereocenters. The van der Waals surface area contributed by atoms with Gasteiger partial charge in [-0.15, -0.1) is 0 Å². The lowest BCUT2D eigenvalue weighted by Gasteiger charge is -2.16. The molecule has 4 heteroatoms. The molecule has 3 nitrogen and oxygen atoms in total. The number of nitrogen functional groups attached to an aromatic ring is 1. The maximum Gasteiger partial charge on any atom is 0.253 e. The molecular weight excluding hydrogens is 272 g/mol. The Labute approximate surface area is 123 Å². The van der Waals surface area contributed by atoms with Crippen LogP contribution in [0.1, 0.15) is 34.5 Å². The summed E-state index contributed by atoms with van der Waals surface area (Å²) in [6.07, 6.45) is 0. The van der Waals surface area contributed by atoms with E-state index in [0.717, 1.165) is 11.1 Å². The van der Waals surface area contributed by atoms with Crippen molar-refractivity contribution in [2.24, 2.45) is 0 Å². The second-order valence-electron chi connectivity index (χ2n) is 4.81. The van der Waals surface area contributed by atoms with E-state index in [1.807, 2.05) is 38.1 Å². The highest BCUT2D eigenvalue weighted by molar-refractivity contribution is 6.31. The number of rotatable bonds is 3. The molecule has 0 saturated heterocycles. The fourth-order valence-corrected chi connectivity index (χ4v) is 2.34. The summed E-state index contributed by atoms with van der Waals surface area (Å²) < 4.78 is 0. The van der Waals surface area contributed by atoms with Crippen molar-refractivity contribution in [1.82, 2.24) is 5.32 Å². The van der Waals surface area contributed by atoms with E-state index in [9.17, 15) is 4.79 Å². The lowest BCUT2D eigenvalue weighted by Crippen LogP contribution is -2.27. The SMILES string of the molecule is Cc1ccc(N)c(C(=O)N[C@@H](C)c2ccccc2Cl)c1. The number of nitrogens with two attached hydrogens (primary N) is 1. The Morgan fingerprint density at radius 2 is 1.95 bits per heavy atom. The maximum atomic E-state index is 12.3. The standard InChI is InChI=1S/C16H17ClN2O/c1-10-7-8-15(18)13(9-10)16(20)19-11(2)12-5-3-4-6-14(12)17/h3-9,11H,18H2,1-2H3,(H,19,20)/t11-/m0/s1. The molecule has 104 valence electrons. The highest BCUT2D eigenvalue weighted by Gasteiger charge is 2.15. The van der Waals surface area contributed by atoms with Crippen molar-refractivity contribution in [1.29, 1.82) is 0 Å². The number of hydrogen-bond acceptors (Lipinski definition) is 2. The number of aryl methyl sites for hydroxylation is 1. The number of amides is 1. The second kappa shape index (κ2) is 5.97. The smallest absolute Gasteiger partial charge is 0.253 e. The maximum absolute atomic E-state index is 12.3. The fraction of sp³-hybridized carbons (Fsp3) is 0.188. The highest BCUT2D eigenvalue weighted by atomic mass is 35.5. The first-order valence-electron chi connectivity index (χ1n) is 6.40. The van der Waals surface area contributed by atoms with Crippen LogP contribution >= 0.6 is 11.6 Å². The monoisotopic (exact) mass is 288 g/mol. The highest BCUT2D eigenvalue weighted by Crippen LogP contribution is 2.23. The topological polar surface area (TPSA) is 55.1 Å². The van der Waals surface area contributed by atoms with Gasteiger partial charge in [0.25, 0.3) is 5.91 Å². The minimum Gasteiger partial charge on any atom is -0.398 e. The van der Waals surface area contributed by atoms with Crippen LogP contribution in [-0.4, -0.2) is 5.91 Å². The summed E-state index contributed by atoms with van der Waals surface area (Å²) in [7, 11) is 0. The zero-order valence-corrected chi connectivity index (χ0v) is 12.2. The van der Waals surface area contributed by atoms with Gasteiger partial charge >= 0.3 is 0 Å². The molecule has 2 rings (SSSR count). The Bertz CT molecular complexity index is 640. The zero-order valence-electron chi connectivity index (χ0n) is 11.5. The first-order chi connectivity index (χ1) is 9.49. The van der Waals surface area contributed by atoms with Gasteiger partial charge in [-0.2, -0.15) is 0 Å². The van der Waals surface area contributed by atoms with E-state index in [4.69, 9.17) is 17.3 Å². The van der Waals surface area contributed by atoms with E-state index in [1.165, 1.54) is 0 Å². The largest absolute Gasteiger partial charge is 0.398 e. The van der Waals surface area contributed by atoms with Crippen LogP contribution in [0, 0.1) is 6.92 Å². The van der Waals surface area contributed by atoms with Crippen molar-refractivity contribution in [3.05, 3.63) is 64.2 Å². The number of nitrogens with one attached hydrogen (secondary N) is 1. The molecular formula is C16H17ClN2O. The van der Waals surface area contributed by atoms with Crippen LogP contribution in [0.3, 0.4) is 0 Å². The van der Waals surface area contributed by atoms with Gasteiger partial charge in [0.1, 0.15) is 0 Å². The normalized spacial score (nSPS) is 11.9. The Morgan fingerprint density at radius 3 is 2.65 bits per heavy atom. The van der Waals surface area contributed by atoms with Crippen LogP contribution in [0.25, 0.3) is 0 Å². The average molecular weight is 289 g/mol. The molecule has 0 radical (unpaired) electrons. The summed E-state index contributed by atoms with van der Waals surface area (Å²) in [6, 6.07) is 12.7. The average Bonchev–Trinajstić information content (AvgIpc) is 2.41. The van der Waals surface area contributed by atoms with E-state index >= 15 is 0 Å². The van der Waals surface area contributed by atoms with Gasteiger partial charge in [0.05, 0.1) is 11.6 Å². The third-order valence-electron chi connectivity index (χ3n) is 3.17. The van der Waals surface area contributed by atoms with Crippen molar-refractivity contribution in [2.75, 3.05) is 5.73 Å². The van der Waals surface area contributed by atoms with Crippen LogP contribution in [0.15, 0.2) is 42.5 Å². The Balaban J connectivity index is 2.20. The van der Waals surface area contributed by atoms with Crippen molar-refractivity contribution in [3.8, 4) is 0 Å². The summed E-state index contributed by atoms with van der Waals surface area (Å²) in [5.74, 6) is -0.196. The number of halogens is 1. The molecule has 0 fully saturated rings. The van der Waals surface area contributed by atoms with Crippen LogP contribution in [0.5, 0.6) is 0 Å². The third-order valence-corrected chi connectivity index (χ3v) is 3.52. The van der Waals surface area contributed by atoms with Gasteiger partial charge in [-0.1, -0.05) is 41.4 Å². The Hall–Kier alpha value is -2.00. The van der Waals surface area contributed by atoms with Crippen molar-refractivity contribution in [3.63, 3.8) is 0 Å². The molecule has 0 aliphatic rings. The van der Waals surface area contributed by atoms with E-state index in [1.54, 1.807) is 18.2 Å². The summed E-state index contributed by atoms with van der Waals surface area (Å²) in [4.78, 5) is 12.3. The molecule has 20 heavy (non-hydrogen) atoms. The molecule has 0 saturated carbocycles. The van der Waals surface area contributed by atoms with Crippen LogP contribution in [0.4, 0.5) is 5.69 Å². The molecule has 0 aliphatic carbocycles. The summed E-state index contributed by atoms with van der Waals surface area (Å²) in [5, 5.41) is 3.55. The molecule has 0 aliphatic heterocycles. The molecule has 2 aromatic rings. The van der Waals surface area contributed by atoms with Crippen LogP contribution in [0.2, 0.25) is 5.02 Å². The fourth-order valence-electron chi connectivity index (χ4n) is 2.05. The van der Waals surface area contributed by atoms with Crippen LogP contribution in [-0.2, 0) is 0 Å². The van der Waals surface area contributed by atoms with Gasteiger partial charge in [-0.25, -0.2) is 0 Å². The molecule has 0 heterocycles. The predicted molar refractivity (Wildman–Crippen MR) is 82.9 cm³/mol. The van der Waals surface area contributed by atoms with E-state index in [2.05, 4.69) is 5.32 Å². The van der Waals surface area contributed by atoms with Crippen molar-refractivity contribution < 1.29 is 4.79 Å². The van der Waals surface area contributed by atoms with Crippen LogP contribution < -0.4 is 11.1 Å². The van der Waals surface area contributed by atoms with Crippen molar-refractivity contribution >= 4 is 23.2 Å². The van der Waals surface area contributed by atoms with Gasteiger partial charge in [0.2, 0.25) is 0 Å². The third kappa shape index (κ3) is 3.11. The molecule has 2 aromatic carbocycles. The number of benzene rings is 2. The first-order valence-corrected chi connectivity index (χ1v) is 6.78. The molecule has 0 aromatic heterocycles. The summed E-state index contributed by atoms with van der Waals surface area (Å²) in [5.41, 5.74) is 8.69. The van der Waals surface area contributed by atoms with Gasteiger partial charge < -0.3 is 11.1 Å². The number of carbonyl (C=O) groups excluding carboxylic acids is 1. The molecule has 0 spiro atoms. The zero-order chi connectivity index (χ0) is 14.7. The first kappa shape index (κ1) is 14.4. The Kier molecular flexibility index (Phi) is 4.30. The van der Waals surface area contributed by atoms with Gasteiger partial charge in [-0.05, 0) is 37.6 Å². The lowest BCUT2D eigenvalue weighted by molar-refractivity contribution is 0.0940.